The van der Waals surface area contributed by atoms with Gasteiger partial charge in [0.2, 0.25) is 0 Å². The number of ether oxygens (including phenoxy) is 1. The van der Waals surface area contributed by atoms with E-state index < -0.39 is 0 Å². The highest BCUT2D eigenvalue weighted by Crippen LogP contribution is 2.31. The Hall–Kier alpha value is -0.400. The van der Waals surface area contributed by atoms with E-state index in [1.54, 1.807) is 18.4 Å². The fourth-order valence-electron chi connectivity index (χ4n) is 1.84. The topological polar surface area (TPSA) is 47.3 Å². The molecule has 0 aliphatic heterocycles. The molecule has 0 saturated carbocycles. The van der Waals surface area contributed by atoms with Crippen molar-refractivity contribution in [3.05, 3.63) is 49.0 Å². The molecule has 0 fully saturated rings. The van der Waals surface area contributed by atoms with Crippen molar-refractivity contribution in [3.8, 4) is 5.75 Å². The largest absolute Gasteiger partial charge is 0.496 e. The number of thiophene rings is 1. The third kappa shape index (κ3) is 3.79. The van der Waals surface area contributed by atoms with Crippen LogP contribution in [0.5, 0.6) is 5.75 Å². The number of halogens is 2. The van der Waals surface area contributed by atoms with Crippen LogP contribution in [0.15, 0.2) is 38.6 Å². The average molecular weight is 406 g/mol. The number of hydrogen-bond acceptors (Lipinski definition) is 4. The molecular weight excluding hydrogens is 392 g/mol. The molecule has 2 aromatic rings. The molecule has 6 heteroatoms. The van der Waals surface area contributed by atoms with Crippen molar-refractivity contribution >= 4 is 43.2 Å². The average Bonchev–Trinajstić information content (AvgIpc) is 2.81. The summed E-state index contributed by atoms with van der Waals surface area (Å²) in [7, 11) is 1.65. The lowest BCUT2D eigenvalue weighted by atomic mass is 10.0. The van der Waals surface area contributed by atoms with Crippen LogP contribution in [-0.4, -0.2) is 7.11 Å². The predicted molar refractivity (Wildman–Crippen MR) is 86.5 cm³/mol. The molecular formula is C13H14Br2N2OS. The molecule has 3 nitrogen and oxygen atoms in total. The molecule has 1 unspecified atom stereocenters. The van der Waals surface area contributed by atoms with Gasteiger partial charge in [0.25, 0.3) is 0 Å². The normalized spacial score (nSPS) is 12.4. The summed E-state index contributed by atoms with van der Waals surface area (Å²) in [6.07, 6.45) is 0.853. The number of nitrogens with one attached hydrogen (secondary N) is 1. The first kappa shape index (κ1) is 15.0. The zero-order valence-corrected chi connectivity index (χ0v) is 14.3. The zero-order valence-electron chi connectivity index (χ0n) is 10.3. The molecule has 1 aromatic heterocycles. The van der Waals surface area contributed by atoms with E-state index in [1.165, 1.54) is 4.88 Å². The Morgan fingerprint density at radius 3 is 2.63 bits per heavy atom. The highest BCUT2D eigenvalue weighted by Gasteiger charge is 2.13. The van der Waals surface area contributed by atoms with E-state index in [0.29, 0.717) is 0 Å². The maximum absolute atomic E-state index is 5.68. The molecule has 0 aliphatic carbocycles. The molecule has 19 heavy (non-hydrogen) atoms. The number of hydrogen-bond donors (Lipinski definition) is 2. The van der Waals surface area contributed by atoms with E-state index >= 15 is 0 Å². The van der Waals surface area contributed by atoms with Crippen molar-refractivity contribution in [3.63, 3.8) is 0 Å². The summed E-state index contributed by atoms with van der Waals surface area (Å²) in [5, 5.41) is 0. The summed E-state index contributed by atoms with van der Waals surface area (Å²) < 4.78 is 7.30. The van der Waals surface area contributed by atoms with Gasteiger partial charge in [-0.2, -0.15) is 0 Å². The van der Waals surface area contributed by atoms with Gasteiger partial charge in [0.15, 0.2) is 0 Å². The van der Waals surface area contributed by atoms with Gasteiger partial charge in [0.05, 0.1) is 21.4 Å². The number of rotatable bonds is 5. The molecule has 0 spiro atoms. The van der Waals surface area contributed by atoms with Crippen molar-refractivity contribution in [2.45, 2.75) is 12.5 Å². The number of benzene rings is 1. The number of nitrogens with two attached hydrogens (primary N) is 1. The van der Waals surface area contributed by atoms with E-state index in [0.717, 1.165) is 26.0 Å². The maximum atomic E-state index is 5.68. The maximum Gasteiger partial charge on any atom is 0.133 e. The third-order valence-electron chi connectivity index (χ3n) is 2.81. The molecule has 1 atom stereocenters. The Balaban J connectivity index is 2.19. The molecule has 102 valence electrons. The molecule has 0 bridgehead atoms. The SMILES string of the molecule is COc1ccc(C(Cc2ccc(Br)s2)NN)cc1Br. The second-order valence-corrected chi connectivity index (χ2v) is 7.43. The molecule has 0 aliphatic rings. The van der Waals surface area contributed by atoms with Crippen LogP contribution in [0.4, 0.5) is 0 Å². The Kier molecular flexibility index (Phi) is 5.41. The molecule has 0 radical (unpaired) electrons. The molecule has 0 saturated heterocycles. The summed E-state index contributed by atoms with van der Waals surface area (Å²) in [5.41, 5.74) is 4.00. The van der Waals surface area contributed by atoms with Gasteiger partial charge in [-0.15, -0.1) is 11.3 Å². The third-order valence-corrected chi connectivity index (χ3v) is 5.08. The second-order valence-electron chi connectivity index (χ2n) is 4.02. The van der Waals surface area contributed by atoms with Gasteiger partial charge in [-0.1, -0.05) is 6.07 Å². The first-order chi connectivity index (χ1) is 9.13. The minimum absolute atomic E-state index is 0.0766. The first-order valence-corrected chi connectivity index (χ1v) is 8.08. The lowest BCUT2D eigenvalue weighted by Gasteiger charge is -2.16. The smallest absolute Gasteiger partial charge is 0.133 e. The monoisotopic (exact) mass is 404 g/mol. The van der Waals surface area contributed by atoms with Gasteiger partial charge < -0.3 is 4.74 Å². The minimum atomic E-state index is 0.0766. The van der Waals surface area contributed by atoms with Crippen LogP contribution < -0.4 is 16.0 Å². The van der Waals surface area contributed by atoms with Crippen molar-refractivity contribution in [1.29, 1.82) is 0 Å². The lowest BCUT2D eigenvalue weighted by molar-refractivity contribution is 0.411. The lowest BCUT2D eigenvalue weighted by Crippen LogP contribution is -2.29. The summed E-state index contributed by atoms with van der Waals surface area (Å²) in [6.45, 7) is 0. The van der Waals surface area contributed by atoms with Gasteiger partial charge in [-0.25, -0.2) is 0 Å². The summed E-state index contributed by atoms with van der Waals surface area (Å²) >= 11 is 8.69. The Labute approximate surface area is 133 Å². The fraction of sp³-hybridized carbons (Fsp3) is 0.231. The van der Waals surface area contributed by atoms with E-state index in [9.17, 15) is 0 Å². The molecule has 2 rings (SSSR count). The standard InChI is InChI=1S/C13H14Br2N2OS/c1-18-12-4-2-8(6-10(12)14)11(17-16)7-9-3-5-13(15)19-9/h2-6,11,17H,7,16H2,1H3. The Bertz CT molecular complexity index is 559. The predicted octanol–water partition coefficient (Wildman–Crippen LogP) is 4.03. The van der Waals surface area contributed by atoms with E-state index in [2.05, 4.69) is 49.4 Å². The van der Waals surface area contributed by atoms with Crippen LogP contribution in [0.2, 0.25) is 0 Å². The van der Waals surface area contributed by atoms with Crippen LogP contribution in [0.25, 0.3) is 0 Å². The van der Waals surface area contributed by atoms with Crippen molar-refractivity contribution in [2.75, 3.05) is 7.11 Å². The van der Waals surface area contributed by atoms with Crippen LogP contribution in [-0.2, 0) is 6.42 Å². The van der Waals surface area contributed by atoms with E-state index in [4.69, 9.17) is 10.6 Å². The van der Waals surface area contributed by atoms with Crippen LogP contribution in [0.3, 0.4) is 0 Å². The number of methoxy groups -OCH3 is 1. The summed E-state index contributed by atoms with van der Waals surface area (Å²) in [4.78, 5) is 1.28. The van der Waals surface area contributed by atoms with Crippen LogP contribution >= 0.6 is 43.2 Å². The highest BCUT2D eigenvalue weighted by atomic mass is 79.9. The van der Waals surface area contributed by atoms with Gasteiger partial charge in [-0.3, -0.25) is 11.3 Å². The second kappa shape index (κ2) is 6.85. The van der Waals surface area contributed by atoms with Gasteiger partial charge in [-0.05, 0) is 61.7 Å². The quantitative estimate of drug-likeness (QED) is 0.583. The van der Waals surface area contributed by atoms with E-state index in [-0.39, 0.29) is 6.04 Å². The molecule has 1 heterocycles. The molecule has 1 aromatic carbocycles. The fourth-order valence-corrected chi connectivity index (χ4v) is 3.92. The molecule has 3 N–H and O–H groups in total. The summed E-state index contributed by atoms with van der Waals surface area (Å²) in [5.74, 6) is 6.49. The first-order valence-electron chi connectivity index (χ1n) is 5.68. The Morgan fingerprint density at radius 1 is 1.32 bits per heavy atom. The highest BCUT2D eigenvalue weighted by molar-refractivity contribution is 9.11. The molecule has 0 amide bonds. The van der Waals surface area contributed by atoms with Crippen molar-refractivity contribution in [2.24, 2.45) is 5.84 Å². The van der Waals surface area contributed by atoms with Gasteiger partial charge in [0, 0.05) is 11.3 Å². The van der Waals surface area contributed by atoms with Crippen LogP contribution in [0.1, 0.15) is 16.5 Å². The van der Waals surface area contributed by atoms with Crippen molar-refractivity contribution in [1.82, 2.24) is 5.43 Å². The van der Waals surface area contributed by atoms with Gasteiger partial charge >= 0.3 is 0 Å². The van der Waals surface area contributed by atoms with Crippen LogP contribution in [0, 0.1) is 0 Å². The minimum Gasteiger partial charge on any atom is -0.496 e. The van der Waals surface area contributed by atoms with Crippen molar-refractivity contribution < 1.29 is 4.74 Å². The van der Waals surface area contributed by atoms with Gasteiger partial charge in [0.1, 0.15) is 5.75 Å². The van der Waals surface area contributed by atoms with E-state index in [1.807, 2.05) is 18.2 Å². The summed E-state index contributed by atoms with van der Waals surface area (Å²) in [6, 6.07) is 10.2. The number of hydrazine groups is 1. The Morgan fingerprint density at radius 2 is 2.11 bits per heavy atom. The zero-order chi connectivity index (χ0) is 13.8.